The number of benzene rings is 2. The number of likely N-dealkylation sites (tertiary alicyclic amines) is 1. The summed E-state index contributed by atoms with van der Waals surface area (Å²) in [5.74, 6) is -0.0528. The first-order valence-corrected chi connectivity index (χ1v) is 12.7. The Balaban J connectivity index is 2.05. The van der Waals surface area contributed by atoms with Crippen molar-refractivity contribution in [3.63, 3.8) is 0 Å². The number of hydrogen-bond acceptors (Lipinski definition) is 6. The van der Waals surface area contributed by atoms with Crippen LogP contribution in [0.25, 0.3) is 5.76 Å². The molecule has 1 saturated heterocycles. The van der Waals surface area contributed by atoms with E-state index in [9.17, 15) is 14.7 Å². The Morgan fingerprint density at radius 1 is 1.03 bits per heavy atom. The molecule has 2 aromatic rings. The van der Waals surface area contributed by atoms with Crippen LogP contribution in [0.15, 0.2) is 48.0 Å². The standard InChI is InChI=1S/C29H38N2O5/c1-6-9-18-36-22-12-10-21(11-13-22)26-25(27(32)24-15-14-23(35-5)19-20(24)4)28(33)29(34)31(26)17-16-30(7-2)8-3/h10-15,19,26,32H,6-9,16-18H2,1-5H3. The van der Waals surface area contributed by atoms with Gasteiger partial charge in [-0.05, 0) is 67.9 Å². The number of rotatable bonds is 12. The van der Waals surface area contributed by atoms with Crippen molar-refractivity contribution in [3.05, 3.63) is 64.7 Å². The molecule has 194 valence electrons. The van der Waals surface area contributed by atoms with Crippen LogP contribution in [0, 0.1) is 6.92 Å². The van der Waals surface area contributed by atoms with Gasteiger partial charge in [0.25, 0.3) is 11.7 Å². The van der Waals surface area contributed by atoms with Crippen LogP contribution in [0.4, 0.5) is 0 Å². The van der Waals surface area contributed by atoms with E-state index in [1.165, 1.54) is 0 Å². The van der Waals surface area contributed by atoms with Crippen LogP contribution < -0.4 is 9.47 Å². The van der Waals surface area contributed by atoms with Crippen LogP contribution >= 0.6 is 0 Å². The number of methoxy groups -OCH3 is 1. The van der Waals surface area contributed by atoms with Gasteiger partial charge in [-0.25, -0.2) is 0 Å². The molecule has 0 bridgehead atoms. The highest BCUT2D eigenvalue weighted by molar-refractivity contribution is 6.46. The zero-order valence-electron chi connectivity index (χ0n) is 22.0. The minimum Gasteiger partial charge on any atom is -0.507 e. The van der Waals surface area contributed by atoms with Gasteiger partial charge in [-0.3, -0.25) is 9.59 Å². The van der Waals surface area contributed by atoms with Crippen molar-refractivity contribution in [1.29, 1.82) is 0 Å². The SMILES string of the molecule is CCCCOc1ccc(C2C(=C(O)c3ccc(OC)cc3C)C(=O)C(=O)N2CCN(CC)CC)cc1. The van der Waals surface area contributed by atoms with Gasteiger partial charge < -0.3 is 24.4 Å². The van der Waals surface area contributed by atoms with Crippen LogP contribution in [0.2, 0.25) is 0 Å². The van der Waals surface area contributed by atoms with Gasteiger partial charge in [-0.2, -0.15) is 0 Å². The fraction of sp³-hybridized carbons (Fsp3) is 0.448. The number of ether oxygens (including phenoxy) is 2. The molecule has 3 rings (SSSR count). The first-order valence-electron chi connectivity index (χ1n) is 12.7. The summed E-state index contributed by atoms with van der Waals surface area (Å²) in [6.07, 6.45) is 2.01. The molecular formula is C29H38N2O5. The maximum absolute atomic E-state index is 13.3. The molecule has 1 unspecified atom stereocenters. The molecular weight excluding hydrogens is 456 g/mol. The van der Waals surface area contributed by atoms with Gasteiger partial charge in [0.1, 0.15) is 17.3 Å². The van der Waals surface area contributed by atoms with Crippen molar-refractivity contribution in [3.8, 4) is 11.5 Å². The predicted octanol–water partition coefficient (Wildman–Crippen LogP) is 4.95. The second kappa shape index (κ2) is 12.6. The topological polar surface area (TPSA) is 79.3 Å². The average molecular weight is 495 g/mol. The summed E-state index contributed by atoms with van der Waals surface area (Å²) in [5.41, 5.74) is 2.11. The van der Waals surface area contributed by atoms with E-state index in [2.05, 4.69) is 25.7 Å². The second-order valence-corrected chi connectivity index (χ2v) is 8.97. The van der Waals surface area contributed by atoms with Crippen LogP contribution in [0.5, 0.6) is 11.5 Å². The molecule has 0 radical (unpaired) electrons. The maximum Gasteiger partial charge on any atom is 0.295 e. The molecule has 0 aliphatic carbocycles. The first-order chi connectivity index (χ1) is 17.4. The lowest BCUT2D eigenvalue weighted by Crippen LogP contribution is -2.38. The Morgan fingerprint density at radius 3 is 2.28 bits per heavy atom. The third kappa shape index (κ3) is 5.90. The Bertz CT molecular complexity index is 1090. The number of hydrogen-bond donors (Lipinski definition) is 1. The maximum atomic E-state index is 13.3. The molecule has 0 saturated carbocycles. The Kier molecular flexibility index (Phi) is 9.53. The number of amides is 1. The Morgan fingerprint density at radius 2 is 1.69 bits per heavy atom. The summed E-state index contributed by atoms with van der Waals surface area (Å²) in [6, 6.07) is 12.0. The van der Waals surface area contributed by atoms with Crippen molar-refractivity contribution in [2.45, 2.75) is 46.6 Å². The van der Waals surface area contributed by atoms with Gasteiger partial charge in [0.2, 0.25) is 0 Å². The van der Waals surface area contributed by atoms with E-state index < -0.39 is 17.7 Å². The van der Waals surface area contributed by atoms with Crippen LogP contribution in [-0.2, 0) is 9.59 Å². The van der Waals surface area contributed by atoms with Gasteiger partial charge in [0, 0.05) is 18.7 Å². The van der Waals surface area contributed by atoms with Gasteiger partial charge in [-0.15, -0.1) is 0 Å². The Labute approximate surface area is 214 Å². The third-order valence-electron chi connectivity index (χ3n) is 6.74. The normalized spacial score (nSPS) is 17.2. The average Bonchev–Trinajstić information content (AvgIpc) is 3.14. The molecule has 2 aromatic carbocycles. The molecule has 1 heterocycles. The zero-order chi connectivity index (χ0) is 26.2. The largest absolute Gasteiger partial charge is 0.507 e. The molecule has 0 spiro atoms. The van der Waals surface area contributed by atoms with Gasteiger partial charge in [0.05, 0.1) is 25.3 Å². The fourth-order valence-electron chi connectivity index (χ4n) is 4.50. The number of unbranched alkanes of at least 4 members (excludes halogenated alkanes) is 1. The second-order valence-electron chi connectivity index (χ2n) is 8.97. The zero-order valence-corrected chi connectivity index (χ0v) is 22.0. The van der Waals surface area contributed by atoms with Crippen LogP contribution in [-0.4, -0.2) is 66.5 Å². The number of carbonyl (C=O) groups is 2. The lowest BCUT2D eigenvalue weighted by molar-refractivity contribution is -0.140. The monoisotopic (exact) mass is 494 g/mol. The van der Waals surface area contributed by atoms with E-state index in [-0.39, 0.29) is 11.3 Å². The van der Waals surface area contributed by atoms with E-state index >= 15 is 0 Å². The number of likely N-dealkylation sites (N-methyl/N-ethyl adjacent to an activating group) is 1. The minimum absolute atomic E-state index is 0.104. The van der Waals surface area contributed by atoms with Crippen molar-refractivity contribution >= 4 is 17.4 Å². The molecule has 1 fully saturated rings. The third-order valence-corrected chi connectivity index (χ3v) is 6.74. The lowest BCUT2D eigenvalue weighted by atomic mass is 9.94. The molecule has 0 aromatic heterocycles. The molecule has 1 aliphatic rings. The highest BCUT2D eigenvalue weighted by Crippen LogP contribution is 2.40. The summed E-state index contributed by atoms with van der Waals surface area (Å²) < 4.78 is 11.1. The number of nitrogens with zero attached hydrogens (tertiary/aromatic N) is 2. The number of aliphatic hydroxyl groups is 1. The molecule has 7 heteroatoms. The molecule has 7 nitrogen and oxygen atoms in total. The number of Topliss-reactive ketones (excluding diaryl/α,β-unsaturated/α-hetero) is 1. The summed E-state index contributed by atoms with van der Waals surface area (Å²) >= 11 is 0. The Hall–Kier alpha value is -3.32. The van der Waals surface area contributed by atoms with Crippen molar-refractivity contribution in [2.24, 2.45) is 0 Å². The summed E-state index contributed by atoms with van der Waals surface area (Å²) in [5, 5.41) is 11.4. The number of carbonyl (C=O) groups excluding carboxylic acids is 2. The minimum atomic E-state index is -0.688. The first kappa shape index (κ1) is 27.3. The number of aliphatic hydroxyl groups excluding tert-OH is 1. The molecule has 1 amide bonds. The van der Waals surface area contributed by atoms with E-state index in [1.54, 1.807) is 30.2 Å². The molecule has 1 N–H and O–H groups in total. The predicted molar refractivity (Wildman–Crippen MR) is 141 cm³/mol. The fourth-order valence-corrected chi connectivity index (χ4v) is 4.50. The van der Waals surface area contributed by atoms with E-state index in [0.717, 1.165) is 42.8 Å². The number of ketones is 1. The van der Waals surface area contributed by atoms with Crippen molar-refractivity contribution < 1.29 is 24.2 Å². The van der Waals surface area contributed by atoms with Gasteiger partial charge in [0.15, 0.2) is 0 Å². The van der Waals surface area contributed by atoms with E-state index in [1.807, 2.05) is 31.2 Å². The van der Waals surface area contributed by atoms with Crippen molar-refractivity contribution in [1.82, 2.24) is 9.80 Å². The van der Waals surface area contributed by atoms with Gasteiger partial charge >= 0.3 is 0 Å². The highest BCUT2D eigenvalue weighted by Gasteiger charge is 2.46. The molecule has 1 atom stereocenters. The summed E-state index contributed by atoms with van der Waals surface area (Å²) in [4.78, 5) is 30.3. The smallest absolute Gasteiger partial charge is 0.295 e. The molecule has 36 heavy (non-hydrogen) atoms. The van der Waals surface area contributed by atoms with E-state index in [0.29, 0.717) is 31.0 Å². The van der Waals surface area contributed by atoms with Crippen molar-refractivity contribution in [2.75, 3.05) is 39.9 Å². The highest BCUT2D eigenvalue weighted by atomic mass is 16.5. The van der Waals surface area contributed by atoms with E-state index in [4.69, 9.17) is 9.47 Å². The van der Waals surface area contributed by atoms with Crippen LogP contribution in [0.3, 0.4) is 0 Å². The summed E-state index contributed by atoms with van der Waals surface area (Å²) in [7, 11) is 1.57. The quantitative estimate of drug-likeness (QED) is 0.195. The number of aryl methyl sites for hydroxylation is 1. The lowest BCUT2D eigenvalue weighted by Gasteiger charge is -2.28. The summed E-state index contributed by atoms with van der Waals surface area (Å²) in [6.45, 7) is 11.4. The molecule has 1 aliphatic heterocycles. The van der Waals surface area contributed by atoms with Gasteiger partial charge in [-0.1, -0.05) is 39.3 Å². The van der Waals surface area contributed by atoms with Crippen LogP contribution in [0.1, 0.15) is 56.3 Å².